The van der Waals surface area contributed by atoms with Gasteiger partial charge in [-0.15, -0.1) is 0 Å². The van der Waals surface area contributed by atoms with Crippen LogP contribution in [0, 0.1) is 0 Å². The number of amides is 1. The summed E-state index contributed by atoms with van der Waals surface area (Å²) in [5.74, 6) is -1.23. The normalized spacial score (nSPS) is 13.4. The van der Waals surface area contributed by atoms with Crippen molar-refractivity contribution in [3.05, 3.63) is 35.9 Å². The molecule has 2 N–H and O–H groups in total. The summed E-state index contributed by atoms with van der Waals surface area (Å²) in [5, 5.41) is 10.8. The van der Waals surface area contributed by atoms with Gasteiger partial charge in [0.25, 0.3) is 0 Å². The average Bonchev–Trinajstić information content (AvgIpc) is 2.43. The van der Waals surface area contributed by atoms with E-state index >= 15 is 0 Å². The topological polar surface area (TPSA) is 83.5 Å². The molecule has 0 spiro atoms. The summed E-state index contributed by atoms with van der Waals surface area (Å²) in [6.07, 6.45) is 0.289. The highest BCUT2D eigenvalue weighted by atomic mass is 32.2. The summed E-state index contributed by atoms with van der Waals surface area (Å²) in [6.45, 7) is 2.31. The van der Waals surface area contributed by atoms with Crippen molar-refractivity contribution in [3.63, 3.8) is 0 Å². The summed E-state index contributed by atoms with van der Waals surface area (Å²) in [7, 11) is -1.57. The number of rotatable bonds is 8. The van der Waals surface area contributed by atoms with Crippen molar-refractivity contribution in [3.8, 4) is 0 Å². The minimum Gasteiger partial charge on any atom is -0.480 e. The molecule has 0 aliphatic carbocycles. The highest BCUT2D eigenvalue weighted by Gasteiger charge is 2.25. The van der Waals surface area contributed by atoms with Crippen LogP contribution in [0.5, 0.6) is 0 Å². The Labute approximate surface area is 120 Å². The third-order valence-electron chi connectivity index (χ3n) is 2.76. The molecule has 5 nitrogen and oxygen atoms in total. The Morgan fingerprint density at radius 1 is 1.30 bits per heavy atom. The first-order valence-corrected chi connectivity index (χ1v) is 7.83. The first kappa shape index (κ1) is 16.4. The van der Waals surface area contributed by atoms with E-state index in [1.165, 1.54) is 0 Å². The molecule has 0 radical (unpaired) electrons. The van der Waals surface area contributed by atoms with Crippen LogP contribution in [0.1, 0.15) is 18.9 Å². The molecule has 0 saturated heterocycles. The minimum atomic E-state index is -1.57. The van der Waals surface area contributed by atoms with Gasteiger partial charge in [0, 0.05) is 29.5 Å². The molecule has 1 aromatic carbocycles. The number of carboxylic acid groups (broad SMARTS) is 1. The maximum atomic E-state index is 12.0. The summed E-state index contributed by atoms with van der Waals surface area (Å²) in [6, 6.07) is 9.07. The van der Waals surface area contributed by atoms with E-state index in [9.17, 15) is 18.9 Å². The zero-order valence-corrected chi connectivity index (χ0v) is 12.2. The minimum absolute atomic E-state index is 0.0651. The highest BCUT2D eigenvalue weighted by Crippen LogP contribution is 2.09. The number of carbonyl (C=O) groups is 2. The van der Waals surface area contributed by atoms with E-state index < -0.39 is 22.0 Å². The molecule has 1 rings (SSSR count). The standard InChI is InChI=1S/C14H19NO4S/c1-2-15-13(16)8-9-20(19)12(14(17)18)10-11-6-4-3-5-7-11/h3-7,12H,2,8-10H2,1H3,(H,15,16)(H,17,18). The zero-order valence-electron chi connectivity index (χ0n) is 11.4. The Morgan fingerprint density at radius 2 is 1.95 bits per heavy atom. The third kappa shape index (κ3) is 5.52. The van der Waals surface area contributed by atoms with Gasteiger partial charge >= 0.3 is 5.97 Å². The zero-order chi connectivity index (χ0) is 15.0. The van der Waals surface area contributed by atoms with Crippen LogP contribution in [0.3, 0.4) is 0 Å². The van der Waals surface area contributed by atoms with Crippen LogP contribution in [0.2, 0.25) is 0 Å². The van der Waals surface area contributed by atoms with E-state index in [4.69, 9.17) is 0 Å². The smallest absolute Gasteiger partial charge is 0.319 e. The molecule has 20 heavy (non-hydrogen) atoms. The van der Waals surface area contributed by atoms with E-state index in [1.807, 2.05) is 18.2 Å². The predicted octanol–water partition coefficient (Wildman–Crippen LogP) is 0.957. The molecule has 0 fully saturated rings. The highest BCUT2D eigenvalue weighted by molar-refractivity contribution is 7.86. The average molecular weight is 297 g/mol. The van der Waals surface area contributed by atoms with Crippen LogP contribution in [-0.2, 0) is 26.8 Å². The first-order valence-electron chi connectivity index (χ1n) is 6.45. The van der Waals surface area contributed by atoms with Crippen molar-refractivity contribution in [2.75, 3.05) is 12.3 Å². The lowest BCUT2D eigenvalue weighted by molar-refractivity contribution is -0.136. The summed E-state index contributed by atoms with van der Waals surface area (Å²) >= 11 is 0. The second-order valence-electron chi connectivity index (χ2n) is 4.30. The van der Waals surface area contributed by atoms with Gasteiger partial charge < -0.3 is 10.4 Å². The van der Waals surface area contributed by atoms with Gasteiger partial charge in [0.1, 0.15) is 5.25 Å². The summed E-state index contributed by atoms with van der Waals surface area (Å²) < 4.78 is 12.0. The van der Waals surface area contributed by atoms with Crippen molar-refractivity contribution in [2.45, 2.75) is 25.0 Å². The fourth-order valence-electron chi connectivity index (χ4n) is 1.74. The quantitative estimate of drug-likeness (QED) is 0.748. The van der Waals surface area contributed by atoms with Crippen LogP contribution in [0.25, 0.3) is 0 Å². The van der Waals surface area contributed by atoms with Crippen molar-refractivity contribution >= 4 is 22.7 Å². The third-order valence-corrected chi connectivity index (χ3v) is 4.37. The van der Waals surface area contributed by atoms with Crippen LogP contribution < -0.4 is 5.32 Å². The predicted molar refractivity (Wildman–Crippen MR) is 77.9 cm³/mol. The van der Waals surface area contributed by atoms with E-state index in [2.05, 4.69) is 5.32 Å². The maximum absolute atomic E-state index is 12.0. The van der Waals surface area contributed by atoms with Crippen molar-refractivity contribution in [1.29, 1.82) is 0 Å². The molecule has 0 bridgehead atoms. The van der Waals surface area contributed by atoms with E-state index in [-0.39, 0.29) is 24.5 Å². The number of hydrogen-bond donors (Lipinski definition) is 2. The molecule has 0 aliphatic rings. The van der Waals surface area contributed by atoms with Gasteiger partial charge in [-0.05, 0) is 18.9 Å². The largest absolute Gasteiger partial charge is 0.480 e. The molecular weight excluding hydrogens is 278 g/mol. The molecule has 0 heterocycles. The van der Waals surface area contributed by atoms with Gasteiger partial charge in [0.05, 0.1) is 0 Å². The Bertz CT molecular complexity index is 475. The number of benzene rings is 1. The molecule has 1 amide bonds. The number of carbonyl (C=O) groups excluding carboxylic acids is 1. The fourth-order valence-corrected chi connectivity index (χ4v) is 3.02. The molecule has 0 aromatic heterocycles. The van der Waals surface area contributed by atoms with Gasteiger partial charge in [-0.2, -0.15) is 0 Å². The second kappa shape index (κ2) is 8.47. The van der Waals surface area contributed by atoms with E-state index in [1.54, 1.807) is 19.1 Å². The number of hydrogen-bond acceptors (Lipinski definition) is 3. The van der Waals surface area contributed by atoms with Gasteiger partial charge in [-0.25, -0.2) is 0 Å². The second-order valence-corrected chi connectivity index (χ2v) is 6.04. The molecule has 110 valence electrons. The molecule has 6 heteroatoms. The van der Waals surface area contributed by atoms with Crippen LogP contribution in [-0.4, -0.2) is 38.7 Å². The fraction of sp³-hybridized carbons (Fsp3) is 0.429. The van der Waals surface area contributed by atoms with Gasteiger partial charge in [-0.3, -0.25) is 13.8 Å². The maximum Gasteiger partial charge on any atom is 0.319 e. The van der Waals surface area contributed by atoms with Gasteiger partial charge in [-0.1, -0.05) is 30.3 Å². The Morgan fingerprint density at radius 3 is 2.50 bits per heavy atom. The van der Waals surface area contributed by atoms with E-state index in [0.717, 1.165) is 5.56 Å². The van der Waals surface area contributed by atoms with E-state index in [0.29, 0.717) is 6.54 Å². The van der Waals surface area contributed by atoms with Crippen LogP contribution in [0.4, 0.5) is 0 Å². The Hall–Kier alpha value is -1.69. The summed E-state index contributed by atoms with van der Waals surface area (Å²) in [4.78, 5) is 22.5. The number of carboxylic acids is 1. The lowest BCUT2D eigenvalue weighted by atomic mass is 10.1. The molecule has 2 unspecified atom stereocenters. The van der Waals surface area contributed by atoms with Crippen LogP contribution >= 0.6 is 0 Å². The molecule has 2 atom stereocenters. The van der Waals surface area contributed by atoms with Crippen molar-refractivity contribution < 1.29 is 18.9 Å². The number of aliphatic carboxylic acids is 1. The summed E-state index contributed by atoms with van der Waals surface area (Å²) in [5.41, 5.74) is 0.825. The lowest BCUT2D eigenvalue weighted by Gasteiger charge is -2.12. The monoisotopic (exact) mass is 297 g/mol. The SMILES string of the molecule is CCNC(=O)CCS(=O)C(Cc1ccccc1)C(=O)O. The van der Waals surface area contributed by atoms with Gasteiger partial charge in [0.2, 0.25) is 5.91 Å². The van der Waals surface area contributed by atoms with Crippen LogP contribution in [0.15, 0.2) is 30.3 Å². The van der Waals surface area contributed by atoms with Gasteiger partial charge in [0.15, 0.2) is 0 Å². The molecular formula is C14H19NO4S. The lowest BCUT2D eigenvalue weighted by Crippen LogP contribution is -2.32. The Balaban J connectivity index is 2.60. The molecule has 1 aromatic rings. The van der Waals surface area contributed by atoms with Crippen molar-refractivity contribution in [2.24, 2.45) is 0 Å². The van der Waals surface area contributed by atoms with Crippen molar-refractivity contribution in [1.82, 2.24) is 5.32 Å². The molecule has 0 aliphatic heterocycles. The number of nitrogens with one attached hydrogen (secondary N) is 1. The molecule has 0 saturated carbocycles. The Kier molecular flexibility index (Phi) is 6.93. The first-order chi connectivity index (χ1) is 9.54.